The van der Waals surface area contributed by atoms with Gasteiger partial charge in [0, 0.05) is 11.6 Å². The normalized spacial score (nSPS) is 17.5. The fraction of sp³-hybridized carbons (Fsp3) is 0.375. The van der Waals surface area contributed by atoms with E-state index in [1.165, 1.54) is 4.90 Å². The van der Waals surface area contributed by atoms with Gasteiger partial charge < -0.3 is 14.7 Å². The maximum atomic E-state index is 12.8. The molecule has 0 aliphatic carbocycles. The van der Waals surface area contributed by atoms with E-state index in [1.807, 2.05) is 13.0 Å². The van der Waals surface area contributed by atoms with Crippen LogP contribution in [0.2, 0.25) is 5.02 Å². The van der Waals surface area contributed by atoms with Gasteiger partial charge in [-0.3, -0.25) is 4.79 Å². The Morgan fingerprint density at radius 1 is 1.44 bits per heavy atom. The van der Waals surface area contributed by atoms with E-state index in [9.17, 15) is 9.59 Å². The Labute approximate surface area is 148 Å². The number of hydrogen-bond acceptors (Lipinski definition) is 5. The summed E-state index contributed by atoms with van der Waals surface area (Å²) < 4.78 is 6.73. The average Bonchev–Trinajstić information content (AvgIpc) is 3.05. The van der Waals surface area contributed by atoms with E-state index < -0.39 is 12.1 Å². The smallest absolute Gasteiger partial charge is 0.334 e. The Balaban J connectivity index is 1.90. The number of carbonyl (C=O) groups is 2. The topological polar surface area (TPSA) is 97.6 Å². The number of ether oxygens (including phenoxy) is 1. The molecule has 1 aromatic carbocycles. The van der Waals surface area contributed by atoms with Crippen LogP contribution >= 0.6 is 11.6 Å². The van der Waals surface area contributed by atoms with Crippen LogP contribution in [0.5, 0.6) is 0 Å². The zero-order valence-corrected chi connectivity index (χ0v) is 14.3. The Morgan fingerprint density at radius 2 is 2.24 bits per heavy atom. The summed E-state index contributed by atoms with van der Waals surface area (Å²) in [5.74, 6) is -1.43. The van der Waals surface area contributed by atoms with Crippen LogP contribution in [0, 0.1) is 0 Å². The van der Waals surface area contributed by atoms with Gasteiger partial charge in [-0.1, -0.05) is 29.8 Å². The summed E-state index contributed by atoms with van der Waals surface area (Å²) in [6.45, 7) is 2.37. The van der Waals surface area contributed by atoms with Crippen molar-refractivity contribution in [3.05, 3.63) is 40.7 Å². The van der Waals surface area contributed by atoms with E-state index in [0.29, 0.717) is 29.4 Å². The molecular formula is C16H17ClN4O4. The summed E-state index contributed by atoms with van der Waals surface area (Å²) in [6, 6.07) is 7.10. The molecule has 3 rings (SSSR count). The number of morpholine rings is 1. The molecule has 2 heterocycles. The molecule has 0 radical (unpaired) electrons. The molecule has 1 aliphatic rings. The minimum Gasteiger partial charge on any atom is -0.479 e. The predicted octanol–water partition coefficient (Wildman–Crippen LogP) is 1.41. The summed E-state index contributed by atoms with van der Waals surface area (Å²) in [5.41, 5.74) is 1.57. The van der Waals surface area contributed by atoms with E-state index in [-0.39, 0.29) is 24.8 Å². The zero-order chi connectivity index (χ0) is 18.0. The number of carbonyl (C=O) groups excluding carboxylic acids is 1. The van der Waals surface area contributed by atoms with E-state index in [4.69, 9.17) is 21.4 Å². The molecule has 0 saturated carbocycles. The molecule has 25 heavy (non-hydrogen) atoms. The van der Waals surface area contributed by atoms with Crippen LogP contribution in [-0.4, -0.2) is 62.7 Å². The molecular weight excluding hydrogens is 348 g/mol. The molecule has 1 amide bonds. The summed E-state index contributed by atoms with van der Waals surface area (Å²) in [5, 5.41) is 17.7. The molecule has 1 N–H and O–H groups in total. The Kier molecular flexibility index (Phi) is 5.00. The van der Waals surface area contributed by atoms with Crippen molar-refractivity contribution in [3.63, 3.8) is 0 Å². The first kappa shape index (κ1) is 17.4. The molecule has 0 bridgehead atoms. The molecule has 132 valence electrons. The first-order valence-corrected chi connectivity index (χ1v) is 8.23. The summed E-state index contributed by atoms with van der Waals surface area (Å²) >= 11 is 6.02. The number of rotatable bonds is 4. The second-order valence-electron chi connectivity index (χ2n) is 5.58. The number of hydrogen-bond donors (Lipinski definition) is 1. The lowest BCUT2D eigenvalue weighted by Crippen LogP contribution is -2.48. The molecule has 1 fully saturated rings. The number of amides is 1. The van der Waals surface area contributed by atoms with Crippen LogP contribution in [0.25, 0.3) is 5.69 Å². The van der Waals surface area contributed by atoms with Crippen molar-refractivity contribution in [1.82, 2.24) is 19.9 Å². The minimum absolute atomic E-state index is 0.0126. The standard InChI is InChI=1S/C16H17ClN4O4/c1-2-12-14(15(22)20-6-7-25-13(9-20)16(23)24)18-19-21(12)11-5-3-4-10(17)8-11/h3-5,8,13H,2,6-7,9H2,1H3,(H,23,24). The molecule has 1 atom stereocenters. The fourth-order valence-electron chi connectivity index (χ4n) is 2.73. The van der Waals surface area contributed by atoms with Crippen LogP contribution < -0.4 is 0 Å². The first-order valence-electron chi connectivity index (χ1n) is 7.85. The lowest BCUT2D eigenvalue weighted by Gasteiger charge is -2.30. The quantitative estimate of drug-likeness (QED) is 0.880. The molecule has 8 nitrogen and oxygen atoms in total. The van der Waals surface area contributed by atoms with Crippen molar-refractivity contribution >= 4 is 23.5 Å². The highest BCUT2D eigenvalue weighted by Gasteiger charge is 2.32. The van der Waals surface area contributed by atoms with Gasteiger partial charge in [0.15, 0.2) is 11.8 Å². The molecule has 1 aliphatic heterocycles. The number of aromatic nitrogens is 3. The van der Waals surface area contributed by atoms with Crippen LogP contribution in [-0.2, 0) is 16.0 Å². The van der Waals surface area contributed by atoms with E-state index in [1.54, 1.807) is 22.9 Å². The second-order valence-corrected chi connectivity index (χ2v) is 6.02. The molecule has 1 unspecified atom stereocenters. The third-order valence-corrected chi connectivity index (χ3v) is 4.22. The van der Waals surface area contributed by atoms with Gasteiger partial charge in [0.25, 0.3) is 5.91 Å². The molecule has 9 heteroatoms. The molecule has 1 saturated heterocycles. The van der Waals surface area contributed by atoms with Gasteiger partial charge in [0.2, 0.25) is 0 Å². The third-order valence-electron chi connectivity index (χ3n) is 3.98. The summed E-state index contributed by atoms with van der Waals surface area (Å²) in [4.78, 5) is 25.3. The van der Waals surface area contributed by atoms with Crippen molar-refractivity contribution in [2.24, 2.45) is 0 Å². The number of carboxylic acid groups (broad SMARTS) is 1. The predicted molar refractivity (Wildman–Crippen MR) is 89.0 cm³/mol. The minimum atomic E-state index is -1.09. The van der Waals surface area contributed by atoms with Crippen molar-refractivity contribution in [1.29, 1.82) is 0 Å². The zero-order valence-electron chi connectivity index (χ0n) is 13.6. The van der Waals surface area contributed by atoms with Crippen molar-refractivity contribution in [2.75, 3.05) is 19.7 Å². The summed E-state index contributed by atoms with van der Waals surface area (Å²) in [7, 11) is 0. The largest absolute Gasteiger partial charge is 0.479 e. The number of aliphatic carboxylic acids is 1. The number of benzene rings is 1. The van der Waals surface area contributed by atoms with Gasteiger partial charge in [0.05, 0.1) is 24.5 Å². The van der Waals surface area contributed by atoms with E-state index >= 15 is 0 Å². The maximum Gasteiger partial charge on any atom is 0.334 e. The molecule has 2 aromatic rings. The first-order chi connectivity index (χ1) is 12.0. The highest BCUT2D eigenvalue weighted by molar-refractivity contribution is 6.30. The molecule has 0 spiro atoms. The van der Waals surface area contributed by atoms with E-state index in [2.05, 4.69) is 10.3 Å². The van der Waals surface area contributed by atoms with Crippen molar-refractivity contribution in [2.45, 2.75) is 19.4 Å². The van der Waals surface area contributed by atoms with Gasteiger partial charge >= 0.3 is 5.97 Å². The lowest BCUT2D eigenvalue weighted by molar-refractivity contribution is -0.154. The Morgan fingerprint density at radius 3 is 2.92 bits per heavy atom. The molecule has 1 aromatic heterocycles. The SMILES string of the molecule is CCc1c(C(=O)N2CCOC(C(=O)O)C2)nnn1-c1cccc(Cl)c1. The van der Waals surface area contributed by atoms with Gasteiger partial charge in [-0.15, -0.1) is 5.10 Å². The maximum absolute atomic E-state index is 12.8. The van der Waals surface area contributed by atoms with Gasteiger partial charge in [-0.05, 0) is 24.6 Å². The number of carboxylic acids is 1. The van der Waals surface area contributed by atoms with Crippen LogP contribution in [0.3, 0.4) is 0 Å². The van der Waals surface area contributed by atoms with Gasteiger partial charge in [-0.25, -0.2) is 9.48 Å². The van der Waals surface area contributed by atoms with Crippen LogP contribution in [0.4, 0.5) is 0 Å². The van der Waals surface area contributed by atoms with Crippen LogP contribution in [0.1, 0.15) is 23.1 Å². The highest BCUT2D eigenvalue weighted by Crippen LogP contribution is 2.19. The van der Waals surface area contributed by atoms with Crippen molar-refractivity contribution in [3.8, 4) is 5.69 Å². The van der Waals surface area contributed by atoms with Gasteiger partial charge in [-0.2, -0.15) is 0 Å². The average molecular weight is 365 g/mol. The Bertz CT molecular complexity index is 807. The highest BCUT2D eigenvalue weighted by atomic mass is 35.5. The Hall–Kier alpha value is -2.45. The lowest BCUT2D eigenvalue weighted by atomic mass is 10.2. The monoisotopic (exact) mass is 364 g/mol. The number of nitrogens with zero attached hydrogens (tertiary/aromatic N) is 4. The van der Waals surface area contributed by atoms with Gasteiger partial charge in [0.1, 0.15) is 0 Å². The second kappa shape index (κ2) is 7.20. The third kappa shape index (κ3) is 3.49. The van der Waals surface area contributed by atoms with Crippen LogP contribution in [0.15, 0.2) is 24.3 Å². The number of halogens is 1. The van der Waals surface area contributed by atoms with Crippen molar-refractivity contribution < 1.29 is 19.4 Å². The van der Waals surface area contributed by atoms with E-state index in [0.717, 1.165) is 0 Å². The fourth-order valence-corrected chi connectivity index (χ4v) is 2.92. The summed E-state index contributed by atoms with van der Waals surface area (Å²) in [6.07, 6.45) is -0.487.